The molecule has 4 atom stereocenters. The molecular formula is C35H40N4O7. The van der Waals surface area contributed by atoms with Crippen LogP contribution in [0, 0.1) is 11.8 Å². The lowest BCUT2D eigenvalue weighted by molar-refractivity contribution is -0.337. The molecule has 0 spiro atoms. The number of rotatable bonds is 10. The van der Waals surface area contributed by atoms with Crippen molar-refractivity contribution in [1.29, 1.82) is 0 Å². The average Bonchev–Trinajstić information content (AvgIpc) is 3.09. The Morgan fingerprint density at radius 2 is 1.54 bits per heavy atom. The fourth-order valence-electron chi connectivity index (χ4n) is 6.07. The fourth-order valence-corrected chi connectivity index (χ4v) is 6.07. The number of β-lactam (4-membered cyclic amide) rings is 1. The van der Waals surface area contributed by atoms with Gasteiger partial charge in [0.25, 0.3) is 0 Å². The molecule has 242 valence electrons. The summed E-state index contributed by atoms with van der Waals surface area (Å²) in [5.74, 6) is -0.207. The van der Waals surface area contributed by atoms with Crippen molar-refractivity contribution in [3.05, 3.63) is 108 Å². The number of aliphatic imine (C=N–C) groups is 1. The van der Waals surface area contributed by atoms with Crippen LogP contribution in [0.4, 0.5) is 9.59 Å². The molecule has 2 heterocycles. The van der Waals surface area contributed by atoms with Crippen LogP contribution in [0.25, 0.3) is 0 Å². The highest BCUT2D eigenvalue weighted by atomic mass is 17.1. The van der Waals surface area contributed by atoms with E-state index in [1.165, 1.54) is 0 Å². The summed E-state index contributed by atoms with van der Waals surface area (Å²) in [4.78, 5) is 49.2. The fraction of sp³-hybridized carbons (Fsp3) is 0.371. The second-order valence-corrected chi connectivity index (χ2v) is 11.9. The van der Waals surface area contributed by atoms with Crippen molar-refractivity contribution in [2.75, 3.05) is 13.1 Å². The van der Waals surface area contributed by atoms with E-state index in [2.05, 4.69) is 15.6 Å². The van der Waals surface area contributed by atoms with Gasteiger partial charge >= 0.3 is 12.2 Å². The van der Waals surface area contributed by atoms with Crippen LogP contribution in [0.5, 0.6) is 0 Å². The van der Waals surface area contributed by atoms with Crippen molar-refractivity contribution in [1.82, 2.24) is 15.5 Å². The maximum absolute atomic E-state index is 12.8. The van der Waals surface area contributed by atoms with E-state index >= 15 is 0 Å². The molecular weight excluding hydrogens is 588 g/mol. The number of guanidine groups is 1. The van der Waals surface area contributed by atoms with Gasteiger partial charge in [-0.15, -0.1) is 4.99 Å². The largest absolute Gasteiger partial charge is 0.444 e. The van der Waals surface area contributed by atoms with Crippen molar-refractivity contribution < 1.29 is 34.0 Å². The first-order chi connectivity index (χ1) is 22.4. The lowest BCUT2D eigenvalue weighted by Gasteiger charge is -2.47. The molecule has 3 N–H and O–H groups in total. The SMILES string of the molecule is C[C@](OO)(c1ccccc1)C1NC(=O)[C@@H]1CCC1CCCN(C(=NC(=O)OCc2ccccc2)NC(=O)OCc2ccccc2)C1. The summed E-state index contributed by atoms with van der Waals surface area (Å²) >= 11 is 0. The van der Waals surface area contributed by atoms with Gasteiger partial charge in [-0.1, -0.05) is 91.0 Å². The molecule has 2 aliphatic rings. The summed E-state index contributed by atoms with van der Waals surface area (Å²) in [7, 11) is 0. The predicted molar refractivity (Wildman–Crippen MR) is 170 cm³/mol. The van der Waals surface area contributed by atoms with E-state index in [0.29, 0.717) is 25.9 Å². The van der Waals surface area contributed by atoms with Crippen LogP contribution in [-0.2, 0) is 38.0 Å². The number of likely N-dealkylation sites (tertiary alicyclic amines) is 1. The number of piperidine rings is 1. The molecule has 2 unspecified atom stereocenters. The van der Waals surface area contributed by atoms with Crippen LogP contribution >= 0.6 is 0 Å². The van der Waals surface area contributed by atoms with Gasteiger partial charge in [0.15, 0.2) is 0 Å². The molecule has 3 amide bonds. The highest BCUT2D eigenvalue weighted by molar-refractivity contribution is 5.98. The second-order valence-electron chi connectivity index (χ2n) is 11.9. The Morgan fingerprint density at radius 3 is 2.15 bits per heavy atom. The monoisotopic (exact) mass is 628 g/mol. The van der Waals surface area contributed by atoms with Gasteiger partial charge in [0, 0.05) is 13.1 Å². The summed E-state index contributed by atoms with van der Waals surface area (Å²) in [5, 5.41) is 15.5. The minimum absolute atomic E-state index is 0.0433. The molecule has 0 aliphatic carbocycles. The number of ether oxygens (including phenoxy) is 2. The molecule has 3 aromatic carbocycles. The summed E-state index contributed by atoms with van der Waals surface area (Å²) in [6, 6.07) is 27.5. The Morgan fingerprint density at radius 1 is 0.935 bits per heavy atom. The van der Waals surface area contributed by atoms with E-state index in [1.807, 2.05) is 95.9 Å². The van der Waals surface area contributed by atoms with Crippen molar-refractivity contribution in [2.24, 2.45) is 16.8 Å². The second kappa shape index (κ2) is 15.5. The summed E-state index contributed by atoms with van der Waals surface area (Å²) in [6.45, 7) is 2.95. The number of nitrogens with zero attached hydrogens (tertiary/aromatic N) is 2. The molecule has 0 bridgehead atoms. The molecule has 2 aliphatic heterocycles. The molecule has 3 aromatic rings. The van der Waals surface area contributed by atoms with Gasteiger partial charge in [-0.2, -0.15) is 0 Å². The number of benzene rings is 3. The van der Waals surface area contributed by atoms with E-state index in [1.54, 1.807) is 6.92 Å². The lowest BCUT2D eigenvalue weighted by atomic mass is 9.72. The van der Waals surface area contributed by atoms with E-state index in [-0.39, 0.29) is 36.9 Å². The Hall–Kier alpha value is -4.74. The van der Waals surface area contributed by atoms with E-state index < -0.39 is 23.8 Å². The number of nitrogens with one attached hydrogen (secondary N) is 2. The first kappa shape index (κ1) is 32.6. The van der Waals surface area contributed by atoms with Crippen molar-refractivity contribution >= 4 is 24.1 Å². The van der Waals surface area contributed by atoms with E-state index in [0.717, 1.165) is 29.5 Å². The van der Waals surface area contributed by atoms with Gasteiger partial charge in [0.1, 0.15) is 18.8 Å². The van der Waals surface area contributed by atoms with Gasteiger partial charge in [-0.25, -0.2) is 14.5 Å². The Kier molecular flexibility index (Phi) is 11.0. The van der Waals surface area contributed by atoms with Gasteiger partial charge in [0.05, 0.1) is 12.0 Å². The van der Waals surface area contributed by atoms with Crippen molar-refractivity contribution in [3.8, 4) is 0 Å². The minimum Gasteiger partial charge on any atom is -0.444 e. The number of hydrogen-bond acceptors (Lipinski definition) is 7. The van der Waals surface area contributed by atoms with Gasteiger partial charge in [-0.3, -0.25) is 15.4 Å². The third kappa shape index (κ3) is 8.29. The lowest BCUT2D eigenvalue weighted by Crippen LogP contribution is -2.66. The Balaban J connectivity index is 1.23. The summed E-state index contributed by atoms with van der Waals surface area (Å²) < 4.78 is 10.8. The normalized spacial score (nSPS) is 20.9. The molecule has 46 heavy (non-hydrogen) atoms. The topological polar surface area (TPSA) is 139 Å². The molecule has 2 saturated heterocycles. The van der Waals surface area contributed by atoms with Crippen molar-refractivity contribution in [2.45, 2.75) is 57.5 Å². The number of carbonyl (C=O) groups is 3. The Bertz CT molecular complexity index is 1490. The van der Waals surface area contributed by atoms with Gasteiger partial charge < -0.3 is 19.7 Å². The smallest absolute Gasteiger partial charge is 0.437 e. The van der Waals surface area contributed by atoms with Crippen LogP contribution < -0.4 is 10.6 Å². The predicted octanol–water partition coefficient (Wildman–Crippen LogP) is 5.62. The highest BCUT2D eigenvalue weighted by Gasteiger charge is 2.52. The molecule has 5 rings (SSSR count). The zero-order chi connectivity index (χ0) is 32.4. The average molecular weight is 629 g/mol. The molecule has 2 fully saturated rings. The number of carbonyl (C=O) groups excluding carboxylic acids is 3. The summed E-state index contributed by atoms with van der Waals surface area (Å²) in [6.07, 6.45) is 1.43. The van der Waals surface area contributed by atoms with Crippen LogP contribution in [0.3, 0.4) is 0 Å². The summed E-state index contributed by atoms with van der Waals surface area (Å²) in [5.41, 5.74) is 1.31. The maximum Gasteiger partial charge on any atom is 0.437 e. The number of amides is 3. The maximum atomic E-state index is 12.8. The van der Waals surface area contributed by atoms with Crippen LogP contribution in [0.2, 0.25) is 0 Å². The van der Waals surface area contributed by atoms with Crippen LogP contribution in [-0.4, -0.2) is 53.3 Å². The molecule has 11 nitrogen and oxygen atoms in total. The molecule has 0 aromatic heterocycles. The zero-order valence-corrected chi connectivity index (χ0v) is 25.8. The quantitative estimate of drug-likeness (QED) is 0.0865. The third-order valence-corrected chi connectivity index (χ3v) is 8.70. The standard InChI is InChI=1S/C35H40N4O7/c1-35(46-43,28-17-9-4-10-18-28)30-29(31(40)36-30)20-19-25-16-11-21-39(22-25)32(37-33(41)44-23-26-12-5-2-6-13-26)38-34(42)45-24-27-14-7-3-8-15-27/h2-10,12-15,17-18,25,29-30,43H,11,16,19-24H2,1H3,(H,36,40)(H,37,38,41,42)/t25?,29-,30?,35+/m1/s1. The molecule has 0 radical (unpaired) electrons. The first-order valence-corrected chi connectivity index (χ1v) is 15.6. The third-order valence-electron chi connectivity index (χ3n) is 8.70. The van der Waals surface area contributed by atoms with Gasteiger partial charge in [0.2, 0.25) is 11.9 Å². The van der Waals surface area contributed by atoms with Crippen molar-refractivity contribution in [3.63, 3.8) is 0 Å². The minimum atomic E-state index is -1.09. The van der Waals surface area contributed by atoms with Crippen LogP contribution in [0.15, 0.2) is 96.0 Å². The first-order valence-electron chi connectivity index (χ1n) is 15.6. The van der Waals surface area contributed by atoms with Crippen LogP contribution in [0.1, 0.15) is 49.3 Å². The number of hydrogen-bond donors (Lipinski definition) is 3. The van der Waals surface area contributed by atoms with E-state index in [9.17, 15) is 19.6 Å². The molecule has 0 saturated carbocycles. The van der Waals surface area contributed by atoms with E-state index in [4.69, 9.17) is 14.4 Å². The van der Waals surface area contributed by atoms with Gasteiger partial charge in [-0.05, 0) is 55.2 Å². The molecule has 11 heteroatoms. The Labute approximate surface area is 268 Å². The highest BCUT2D eigenvalue weighted by Crippen LogP contribution is 2.39. The zero-order valence-electron chi connectivity index (χ0n) is 25.8. The number of alkyl carbamates (subject to hydrolysis) is 1.